The summed E-state index contributed by atoms with van der Waals surface area (Å²) >= 11 is 0. The monoisotopic (exact) mass is 304 g/mol. The Morgan fingerprint density at radius 2 is 1.70 bits per heavy atom. The van der Waals surface area contributed by atoms with E-state index in [1.807, 2.05) is 42.5 Å². The molecule has 0 aromatic heterocycles. The Balaban J connectivity index is 2.14. The zero-order valence-electron chi connectivity index (χ0n) is 13.4. The van der Waals surface area contributed by atoms with Crippen molar-refractivity contribution in [2.45, 2.75) is 26.0 Å². The van der Waals surface area contributed by atoms with Crippen LogP contribution in [0.2, 0.25) is 0 Å². The number of aliphatic hydroxyl groups is 1. The Bertz CT molecular complexity index is 893. The minimum atomic E-state index is -0.558. The summed E-state index contributed by atoms with van der Waals surface area (Å²) in [5, 5.41) is 27.1. The topological polar surface area (TPSA) is 56.0 Å². The van der Waals surface area contributed by atoms with E-state index in [9.17, 15) is 10.4 Å². The maximum Gasteiger partial charge on any atom is 0.0998 e. The van der Waals surface area contributed by atoms with Crippen LogP contribution in [-0.2, 0) is 0 Å². The number of nitrogens with zero attached hydrogens (tertiary/aromatic N) is 1. The molecule has 3 rings (SSSR count). The molecule has 1 unspecified atom stereocenters. The Hall–Kier alpha value is -2.41. The predicted octanol–water partition coefficient (Wildman–Crippen LogP) is 3.90. The van der Waals surface area contributed by atoms with E-state index in [2.05, 4.69) is 31.3 Å². The third-order valence-corrected chi connectivity index (χ3v) is 4.11. The number of benzene rings is 3. The first kappa shape index (κ1) is 15.5. The molecule has 2 N–H and O–H groups in total. The molecule has 0 radical (unpaired) electrons. The van der Waals surface area contributed by atoms with Crippen molar-refractivity contribution in [1.82, 2.24) is 5.32 Å². The zero-order chi connectivity index (χ0) is 16.4. The van der Waals surface area contributed by atoms with Gasteiger partial charge in [-0.2, -0.15) is 5.26 Å². The van der Waals surface area contributed by atoms with E-state index >= 15 is 0 Å². The summed E-state index contributed by atoms with van der Waals surface area (Å²) < 4.78 is 0. The highest BCUT2D eigenvalue weighted by atomic mass is 16.3. The number of hydrogen-bond donors (Lipinski definition) is 2. The molecule has 0 amide bonds. The van der Waals surface area contributed by atoms with E-state index in [1.165, 1.54) is 0 Å². The lowest BCUT2D eigenvalue weighted by Crippen LogP contribution is -2.27. The van der Waals surface area contributed by atoms with Crippen molar-refractivity contribution >= 4 is 21.5 Å². The summed E-state index contributed by atoms with van der Waals surface area (Å²) in [4.78, 5) is 0. The van der Waals surface area contributed by atoms with Crippen molar-refractivity contribution in [3.63, 3.8) is 0 Å². The maximum absolute atomic E-state index is 10.5. The Morgan fingerprint density at radius 3 is 2.39 bits per heavy atom. The molecule has 0 saturated carbocycles. The quantitative estimate of drug-likeness (QED) is 0.719. The van der Waals surface area contributed by atoms with Gasteiger partial charge in [-0.15, -0.1) is 0 Å². The number of nitrogens with one attached hydrogen (secondary N) is 1. The van der Waals surface area contributed by atoms with Crippen LogP contribution in [-0.4, -0.2) is 17.7 Å². The van der Waals surface area contributed by atoms with Crippen LogP contribution in [0, 0.1) is 11.3 Å². The van der Waals surface area contributed by atoms with Gasteiger partial charge in [0.2, 0.25) is 0 Å². The first-order valence-corrected chi connectivity index (χ1v) is 7.87. The summed E-state index contributed by atoms with van der Waals surface area (Å²) in [7, 11) is 0. The van der Waals surface area contributed by atoms with Gasteiger partial charge in [0.25, 0.3) is 0 Å². The number of hydrogen-bond acceptors (Lipinski definition) is 3. The van der Waals surface area contributed by atoms with Gasteiger partial charge < -0.3 is 10.4 Å². The summed E-state index contributed by atoms with van der Waals surface area (Å²) in [6.45, 7) is 4.65. The van der Waals surface area contributed by atoms with Crippen LogP contribution < -0.4 is 5.32 Å². The van der Waals surface area contributed by atoms with Gasteiger partial charge in [-0.1, -0.05) is 44.2 Å². The molecular formula is C20H20N2O. The molecule has 0 heterocycles. The average Bonchev–Trinajstić information content (AvgIpc) is 2.56. The third-order valence-electron chi connectivity index (χ3n) is 4.11. The van der Waals surface area contributed by atoms with Crippen molar-refractivity contribution in [3.05, 3.63) is 59.7 Å². The van der Waals surface area contributed by atoms with Crippen LogP contribution in [0.1, 0.15) is 31.1 Å². The predicted molar refractivity (Wildman–Crippen MR) is 94.3 cm³/mol. The lowest BCUT2D eigenvalue weighted by Gasteiger charge is -2.17. The minimum Gasteiger partial charge on any atom is -0.387 e. The standard InChI is InChI=1S/C20H20N2O/c1-13(2)22-12-20(23)17-8-4-6-15-9-18-14(10-19(15)17)5-3-7-16(18)11-21/h3-10,13,20,22-23H,12H2,1-2H3. The molecule has 0 bridgehead atoms. The first-order valence-electron chi connectivity index (χ1n) is 7.87. The highest BCUT2D eigenvalue weighted by Crippen LogP contribution is 2.30. The lowest BCUT2D eigenvalue weighted by atomic mass is 9.95. The summed E-state index contributed by atoms with van der Waals surface area (Å²) in [5.74, 6) is 0. The van der Waals surface area contributed by atoms with E-state index in [0.717, 1.165) is 27.1 Å². The largest absolute Gasteiger partial charge is 0.387 e. The third kappa shape index (κ3) is 3.05. The second kappa shape index (κ2) is 6.37. The van der Waals surface area contributed by atoms with Gasteiger partial charge in [-0.25, -0.2) is 0 Å². The van der Waals surface area contributed by atoms with Crippen LogP contribution >= 0.6 is 0 Å². The lowest BCUT2D eigenvalue weighted by molar-refractivity contribution is 0.173. The summed E-state index contributed by atoms with van der Waals surface area (Å²) in [6, 6.07) is 18.4. The molecule has 0 spiro atoms. The second-order valence-electron chi connectivity index (χ2n) is 6.14. The Labute approximate surface area is 136 Å². The molecular weight excluding hydrogens is 284 g/mol. The van der Waals surface area contributed by atoms with E-state index in [0.29, 0.717) is 18.2 Å². The average molecular weight is 304 g/mol. The van der Waals surface area contributed by atoms with Crippen LogP contribution in [0.25, 0.3) is 21.5 Å². The fourth-order valence-electron chi connectivity index (χ4n) is 2.92. The smallest absolute Gasteiger partial charge is 0.0998 e. The van der Waals surface area contributed by atoms with Crippen LogP contribution in [0.3, 0.4) is 0 Å². The maximum atomic E-state index is 10.5. The summed E-state index contributed by atoms with van der Waals surface area (Å²) in [5.41, 5.74) is 1.59. The number of nitriles is 1. The van der Waals surface area contributed by atoms with Crippen molar-refractivity contribution in [1.29, 1.82) is 5.26 Å². The number of rotatable bonds is 4. The summed E-state index contributed by atoms with van der Waals surface area (Å²) in [6.07, 6.45) is -0.558. The Morgan fingerprint density at radius 1 is 1.04 bits per heavy atom. The van der Waals surface area contributed by atoms with Crippen molar-refractivity contribution in [2.24, 2.45) is 0 Å². The molecule has 23 heavy (non-hydrogen) atoms. The van der Waals surface area contributed by atoms with Gasteiger partial charge >= 0.3 is 0 Å². The van der Waals surface area contributed by atoms with Gasteiger partial charge in [0, 0.05) is 18.0 Å². The molecule has 0 aliphatic rings. The molecule has 3 aromatic rings. The molecule has 1 atom stereocenters. The van der Waals surface area contributed by atoms with E-state index in [-0.39, 0.29) is 0 Å². The van der Waals surface area contributed by atoms with E-state index in [4.69, 9.17) is 0 Å². The van der Waals surface area contributed by atoms with E-state index < -0.39 is 6.10 Å². The molecule has 0 saturated heterocycles. The zero-order valence-corrected chi connectivity index (χ0v) is 13.4. The van der Waals surface area contributed by atoms with Gasteiger partial charge in [0.15, 0.2) is 0 Å². The van der Waals surface area contributed by atoms with Gasteiger partial charge in [0.05, 0.1) is 17.7 Å². The normalized spacial score (nSPS) is 12.7. The van der Waals surface area contributed by atoms with Crippen molar-refractivity contribution in [2.75, 3.05) is 6.54 Å². The minimum absolute atomic E-state index is 0.332. The molecule has 3 heteroatoms. The van der Waals surface area contributed by atoms with Gasteiger partial charge in [-0.3, -0.25) is 0 Å². The van der Waals surface area contributed by atoms with Crippen LogP contribution in [0.15, 0.2) is 48.5 Å². The highest BCUT2D eigenvalue weighted by Gasteiger charge is 2.13. The first-order chi connectivity index (χ1) is 11.1. The fraction of sp³-hybridized carbons (Fsp3) is 0.250. The highest BCUT2D eigenvalue weighted by molar-refractivity contribution is 6.01. The van der Waals surface area contributed by atoms with Gasteiger partial charge in [0.1, 0.15) is 0 Å². The molecule has 3 aromatic carbocycles. The molecule has 0 fully saturated rings. The van der Waals surface area contributed by atoms with Gasteiger partial charge in [-0.05, 0) is 39.9 Å². The Kier molecular flexibility index (Phi) is 4.29. The molecule has 0 aliphatic carbocycles. The van der Waals surface area contributed by atoms with Crippen LogP contribution in [0.4, 0.5) is 0 Å². The van der Waals surface area contributed by atoms with E-state index in [1.54, 1.807) is 0 Å². The fourth-order valence-corrected chi connectivity index (χ4v) is 2.92. The molecule has 116 valence electrons. The SMILES string of the molecule is CC(C)NCC(O)c1cccc2cc3c(C#N)cccc3cc12. The number of fused-ring (bicyclic) bond motifs is 2. The van der Waals surface area contributed by atoms with Crippen molar-refractivity contribution in [3.8, 4) is 6.07 Å². The molecule has 0 aliphatic heterocycles. The van der Waals surface area contributed by atoms with Crippen molar-refractivity contribution < 1.29 is 5.11 Å². The molecule has 3 nitrogen and oxygen atoms in total. The van der Waals surface area contributed by atoms with Crippen LogP contribution in [0.5, 0.6) is 0 Å². The number of aliphatic hydroxyl groups excluding tert-OH is 1. The second-order valence-corrected chi connectivity index (χ2v) is 6.14.